The lowest BCUT2D eigenvalue weighted by Gasteiger charge is -2.02. The first-order valence-electron chi connectivity index (χ1n) is 4.06. The minimum Gasteiger partial charge on any atom is -0.383 e. The summed E-state index contributed by atoms with van der Waals surface area (Å²) in [5.41, 5.74) is 12.1. The minimum absolute atomic E-state index is 0.254. The quantitative estimate of drug-likeness (QED) is 0.642. The molecule has 2 rings (SSSR count). The van der Waals surface area contributed by atoms with Crippen molar-refractivity contribution >= 4 is 11.8 Å². The predicted molar refractivity (Wildman–Crippen MR) is 47.4 cm³/mol. The summed E-state index contributed by atoms with van der Waals surface area (Å²) in [5.74, 6) is 2.08. The lowest BCUT2D eigenvalue weighted by atomic mass is 10.2. The van der Waals surface area contributed by atoms with Gasteiger partial charge in [-0.05, 0) is 18.3 Å². The number of hydrogen-bond acceptors (Lipinski definition) is 4. The zero-order valence-corrected chi connectivity index (χ0v) is 6.99. The standard InChI is InChI=1S/C8H12N4/c1-4-2-5(4)6-3-11-8(10)12-7(6)9/h3-5H,2H2,1H3,(H4,9,10,11,12). The Labute approximate surface area is 71.0 Å². The fourth-order valence-corrected chi connectivity index (χ4v) is 1.46. The molecule has 0 amide bonds. The predicted octanol–water partition coefficient (Wildman–Crippen LogP) is 0.764. The third-order valence-electron chi connectivity index (χ3n) is 2.38. The number of nitrogens with two attached hydrogens (primary N) is 2. The molecule has 1 aromatic rings. The van der Waals surface area contributed by atoms with Crippen molar-refractivity contribution in [3.63, 3.8) is 0 Å². The van der Waals surface area contributed by atoms with Gasteiger partial charge in [-0.2, -0.15) is 4.98 Å². The highest BCUT2D eigenvalue weighted by Gasteiger charge is 2.35. The number of aromatic nitrogens is 2. The van der Waals surface area contributed by atoms with Gasteiger partial charge in [0.25, 0.3) is 0 Å². The third-order valence-corrected chi connectivity index (χ3v) is 2.38. The molecule has 0 radical (unpaired) electrons. The Hall–Kier alpha value is -1.32. The van der Waals surface area contributed by atoms with Crippen LogP contribution in [-0.2, 0) is 0 Å². The smallest absolute Gasteiger partial charge is 0.221 e. The lowest BCUT2D eigenvalue weighted by molar-refractivity contribution is 0.904. The van der Waals surface area contributed by atoms with Crippen molar-refractivity contribution < 1.29 is 0 Å². The van der Waals surface area contributed by atoms with Crippen LogP contribution in [0, 0.1) is 5.92 Å². The summed E-state index contributed by atoms with van der Waals surface area (Å²) in [7, 11) is 0. The van der Waals surface area contributed by atoms with Crippen LogP contribution < -0.4 is 11.5 Å². The van der Waals surface area contributed by atoms with Crippen molar-refractivity contribution in [2.75, 3.05) is 11.5 Å². The fourth-order valence-electron chi connectivity index (χ4n) is 1.46. The van der Waals surface area contributed by atoms with E-state index >= 15 is 0 Å². The Bertz CT molecular complexity index is 310. The topological polar surface area (TPSA) is 77.8 Å². The Kier molecular flexibility index (Phi) is 1.43. The minimum atomic E-state index is 0.254. The van der Waals surface area contributed by atoms with Gasteiger partial charge in [0.15, 0.2) is 0 Å². The molecular weight excluding hydrogens is 152 g/mol. The molecule has 64 valence electrons. The molecule has 4 N–H and O–H groups in total. The van der Waals surface area contributed by atoms with Crippen LogP contribution in [0.2, 0.25) is 0 Å². The van der Waals surface area contributed by atoms with Crippen LogP contribution in [-0.4, -0.2) is 9.97 Å². The Morgan fingerprint density at radius 2 is 2.17 bits per heavy atom. The van der Waals surface area contributed by atoms with Crippen molar-refractivity contribution in [2.24, 2.45) is 5.92 Å². The van der Waals surface area contributed by atoms with Crippen molar-refractivity contribution in [3.8, 4) is 0 Å². The molecule has 1 fully saturated rings. The fraction of sp³-hybridized carbons (Fsp3) is 0.500. The highest BCUT2D eigenvalue weighted by molar-refractivity contribution is 5.45. The maximum Gasteiger partial charge on any atom is 0.221 e. The summed E-state index contributed by atoms with van der Waals surface area (Å²) >= 11 is 0. The molecule has 1 aliphatic carbocycles. The van der Waals surface area contributed by atoms with E-state index in [-0.39, 0.29) is 5.95 Å². The van der Waals surface area contributed by atoms with Gasteiger partial charge in [0.05, 0.1) is 0 Å². The highest BCUT2D eigenvalue weighted by atomic mass is 15.0. The lowest BCUT2D eigenvalue weighted by Crippen LogP contribution is -2.02. The molecule has 12 heavy (non-hydrogen) atoms. The van der Waals surface area contributed by atoms with Gasteiger partial charge in [0.1, 0.15) is 5.82 Å². The number of nitrogen functional groups attached to an aromatic ring is 2. The Balaban J connectivity index is 2.33. The van der Waals surface area contributed by atoms with Gasteiger partial charge in [-0.3, -0.25) is 0 Å². The number of anilines is 2. The SMILES string of the molecule is CC1CC1c1cnc(N)nc1N. The van der Waals surface area contributed by atoms with Gasteiger partial charge >= 0.3 is 0 Å². The molecule has 0 bridgehead atoms. The van der Waals surface area contributed by atoms with Crippen molar-refractivity contribution in [2.45, 2.75) is 19.3 Å². The van der Waals surface area contributed by atoms with E-state index in [1.54, 1.807) is 6.20 Å². The third kappa shape index (κ3) is 1.09. The van der Waals surface area contributed by atoms with Crippen LogP contribution in [0.1, 0.15) is 24.8 Å². The monoisotopic (exact) mass is 164 g/mol. The molecule has 0 aromatic carbocycles. The molecule has 2 unspecified atom stereocenters. The average molecular weight is 164 g/mol. The molecule has 1 heterocycles. The summed E-state index contributed by atoms with van der Waals surface area (Å²) in [6.45, 7) is 2.19. The van der Waals surface area contributed by atoms with Crippen LogP contribution in [0.25, 0.3) is 0 Å². The average Bonchev–Trinajstić information content (AvgIpc) is 2.66. The van der Waals surface area contributed by atoms with Crippen LogP contribution in [0.4, 0.5) is 11.8 Å². The zero-order chi connectivity index (χ0) is 8.72. The summed E-state index contributed by atoms with van der Waals surface area (Å²) < 4.78 is 0. The number of hydrogen-bond donors (Lipinski definition) is 2. The van der Waals surface area contributed by atoms with Gasteiger partial charge < -0.3 is 11.5 Å². The zero-order valence-electron chi connectivity index (χ0n) is 6.99. The molecule has 4 heteroatoms. The first kappa shape index (κ1) is 7.34. The maximum absolute atomic E-state index is 5.69. The molecular formula is C8H12N4. The molecule has 0 aliphatic heterocycles. The highest BCUT2D eigenvalue weighted by Crippen LogP contribution is 2.48. The number of rotatable bonds is 1. The summed E-state index contributed by atoms with van der Waals surface area (Å²) in [6, 6.07) is 0. The summed E-state index contributed by atoms with van der Waals surface area (Å²) in [4.78, 5) is 7.84. The van der Waals surface area contributed by atoms with Gasteiger partial charge in [-0.15, -0.1) is 0 Å². The second-order valence-electron chi connectivity index (χ2n) is 3.39. The first-order chi connectivity index (χ1) is 5.68. The molecule has 4 nitrogen and oxygen atoms in total. The molecule has 1 saturated carbocycles. The maximum atomic E-state index is 5.69. The van der Waals surface area contributed by atoms with Crippen LogP contribution in [0.3, 0.4) is 0 Å². The van der Waals surface area contributed by atoms with Gasteiger partial charge in [-0.25, -0.2) is 4.98 Å². The van der Waals surface area contributed by atoms with Crippen molar-refractivity contribution in [1.82, 2.24) is 9.97 Å². The van der Waals surface area contributed by atoms with E-state index < -0.39 is 0 Å². The van der Waals surface area contributed by atoms with E-state index in [4.69, 9.17) is 11.5 Å². The van der Waals surface area contributed by atoms with Gasteiger partial charge in [0.2, 0.25) is 5.95 Å². The normalized spacial score (nSPS) is 27.1. The van der Waals surface area contributed by atoms with Crippen LogP contribution >= 0.6 is 0 Å². The van der Waals surface area contributed by atoms with E-state index in [9.17, 15) is 0 Å². The van der Waals surface area contributed by atoms with Gasteiger partial charge in [0, 0.05) is 11.8 Å². The van der Waals surface area contributed by atoms with Crippen molar-refractivity contribution in [1.29, 1.82) is 0 Å². The number of nitrogens with zero attached hydrogens (tertiary/aromatic N) is 2. The van der Waals surface area contributed by atoms with E-state index in [1.165, 1.54) is 6.42 Å². The van der Waals surface area contributed by atoms with Crippen molar-refractivity contribution in [3.05, 3.63) is 11.8 Å². The molecule has 0 spiro atoms. The Morgan fingerprint density at radius 3 is 2.67 bits per heavy atom. The molecule has 0 saturated heterocycles. The first-order valence-corrected chi connectivity index (χ1v) is 4.06. The molecule has 2 atom stereocenters. The van der Waals surface area contributed by atoms with E-state index in [2.05, 4.69) is 16.9 Å². The van der Waals surface area contributed by atoms with E-state index in [1.807, 2.05) is 0 Å². The Morgan fingerprint density at radius 1 is 1.50 bits per heavy atom. The summed E-state index contributed by atoms with van der Waals surface area (Å²) in [6.07, 6.45) is 2.93. The largest absolute Gasteiger partial charge is 0.383 e. The van der Waals surface area contributed by atoms with Gasteiger partial charge in [-0.1, -0.05) is 6.92 Å². The second kappa shape index (κ2) is 2.33. The van der Waals surface area contributed by atoms with Crippen LogP contribution in [0.5, 0.6) is 0 Å². The second-order valence-corrected chi connectivity index (χ2v) is 3.39. The van der Waals surface area contributed by atoms with Crippen LogP contribution in [0.15, 0.2) is 6.20 Å². The molecule has 1 aliphatic rings. The summed E-state index contributed by atoms with van der Waals surface area (Å²) in [5, 5.41) is 0. The van der Waals surface area contributed by atoms with E-state index in [0.29, 0.717) is 11.7 Å². The molecule has 1 aromatic heterocycles. The van der Waals surface area contributed by atoms with E-state index in [0.717, 1.165) is 11.5 Å².